The molecule has 4 aromatic rings. The number of rotatable bonds is 3. The highest BCUT2D eigenvalue weighted by Crippen LogP contribution is 2.37. The van der Waals surface area contributed by atoms with Crippen LogP contribution in [0.15, 0.2) is 41.8 Å². The van der Waals surface area contributed by atoms with Crippen LogP contribution in [0.3, 0.4) is 0 Å². The molecule has 1 fully saturated rings. The van der Waals surface area contributed by atoms with Gasteiger partial charge in [-0.3, -0.25) is 5.32 Å². The molecule has 0 bridgehead atoms. The molecule has 2 aromatic carbocycles. The van der Waals surface area contributed by atoms with Crippen molar-refractivity contribution in [1.29, 1.82) is 5.26 Å². The van der Waals surface area contributed by atoms with Gasteiger partial charge in [-0.1, -0.05) is 23.5 Å². The van der Waals surface area contributed by atoms with Gasteiger partial charge in [0.05, 0.1) is 21.8 Å². The minimum absolute atomic E-state index is 0.176. The maximum Gasteiger partial charge on any atom is 0.323 e. The molecule has 3 heterocycles. The zero-order valence-corrected chi connectivity index (χ0v) is 19.6. The van der Waals surface area contributed by atoms with Crippen LogP contribution in [-0.4, -0.2) is 47.1 Å². The Hall–Kier alpha value is -4.12. The van der Waals surface area contributed by atoms with Gasteiger partial charge in [0.2, 0.25) is 0 Å². The topological polar surface area (TPSA) is 111 Å². The van der Waals surface area contributed by atoms with Crippen LogP contribution in [0.2, 0.25) is 0 Å². The first kappa shape index (κ1) is 21.7. The van der Waals surface area contributed by atoms with Gasteiger partial charge in [-0.05, 0) is 35.7 Å². The number of nitrogens with two attached hydrogens (primary N) is 1. The first-order valence-corrected chi connectivity index (χ1v) is 12.2. The quantitative estimate of drug-likeness (QED) is 0.421. The number of terminal acetylenes is 1. The molecule has 3 N–H and O–H groups in total. The van der Waals surface area contributed by atoms with Crippen molar-refractivity contribution in [2.45, 2.75) is 0 Å². The molecule has 0 aliphatic carbocycles. The normalized spacial score (nSPS) is 13.5. The number of amides is 2. The molecule has 0 spiro atoms. The number of piperazine rings is 1. The Labute approximate surface area is 204 Å². The van der Waals surface area contributed by atoms with E-state index >= 15 is 0 Å². The Morgan fingerprint density at radius 3 is 2.56 bits per heavy atom. The van der Waals surface area contributed by atoms with Gasteiger partial charge in [0.15, 0.2) is 10.1 Å². The first-order chi connectivity index (χ1) is 16.6. The fourth-order valence-corrected chi connectivity index (χ4v) is 5.44. The highest BCUT2D eigenvalue weighted by molar-refractivity contribution is 7.22. The number of carbonyl (C=O) groups excluding carboxylic acids is 1. The summed E-state index contributed by atoms with van der Waals surface area (Å²) in [6.45, 7) is 2.61. The van der Waals surface area contributed by atoms with Crippen molar-refractivity contribution in [1.82, 2.24) is 14.9 Å². The van der Waals surface area contributed by atoms with Crippen LogP contribution in [0.5, 0.6) is 0 Å². The number of hydrogen-bond acceptors (Lipinski definition) is 8. The Morgan fingerprint density at radius 1 is 1.12 bits per heavy atom. The summed E-state index contributed by atoms with van der Waals surface area (Å²) in [5, 5.41) is 15.2. The van der Waals surface area contributed by atoms with Crippen molar-refractivity contribution >= 4 is 55.6 Å². The molecule has 1 aliphatic heterocycles. The molecule has 34 heavy (non-hydrogen) atoms. The molecular formula is C24H19N7OS2. The number of fused-ring (bicyclic) bond motifs is 1. The van der Waals surface area contributed by atoms with Crippen LogP contribution >= 0.6 is 22.7 Å². The zero-order chi connectivity index (χ0) is 23.7. The van der Waals surface area contributed by atoms with Crippen molar-refractivity contribution < 1.29 is 4.79 Å². The van der Waals surface area contributed by atoms with Crippen LogP contribution in [0.4, 0.5) is 21.4 Å². The number of nitrogen functional groups attached to an aromatic ring is 1. The molecule has 0 radical (unpaired) electrons. The molecule has 0 saturated carbocycles. The number of urea groups is 1. The summed E-state index contributed by atoms with van der Waals surface area (Å²) in [7, 11) is 0. The van der Waals surface area contributed by atoms with E-state index in [1.54, 1.807) is 16.3 Å². The van der Waals surface area contributed by atoms with E-state index in [0.29, 0.717) is 47.7 Å². The Balaban J connectivity index is 1.28. The third-order valence-corrected chi connectivity index (χ3v) is 7.34. The lowest BCUT2D eigenvalue weighted by Gasteiger charge is -2.36. The number of carbonyl (C=O) groups is 1. The van der Waals surface area contributed by atoms with Crippen LogP contribution in [0.1, 0.15) is 10.6 Å². The van der Waals surface area contributed by atoms with Crippen molar-refractivity contribution in [3.05, 3.63) is 52.3 Å². The molecule has 10 heteroatoms. The van der Waals surface area contributed by atoms with Crippen molar-refractivity contribution in [3.8, 4) is 29.5 Å². The number of anilines is 3. The number of hydrogen-bond donors (Lipinski definition) is 2. The summed E-state index contributed by atoms with van der Waals surface area (Å²) >= 11 is 2.71. The van der Waals surface area contributed by atoms with E-state index in [-0.39, 0.29) is 6.03 Å². The van der Waals surface area contributed by atoms with Crippen molar-refractivity contribution in [2.24, 2.45) is 0 Å². The number of nitrogens with zero attached hydrogens (tertiary/aromatic N) is 5. The maximum atomic E-state index is 12.5. The van der Waals surface area contributed by atoms with Gasteiger partial charge < -0.3 is 15.5 Å². The molecule has 1 saturated heterocycles. The Morgan fingerprint density at radius 2 is 1.88 bits per heavy atom. The van der Waals surface area contributed by atoms with E-state index in [4.69, 9.17) is 12.2 Å². The van der Waals surface area contributed by atoms with Crippen molar-refractivity contribution in [3.63, 3.8) is 0 Å². The minimum Gasteiger partial charge on any atom is -0.375 e. The molecule has 2 aromatic heterocycles. The fraction of sp³-hybridized carbons (Fsp3) is 0.167. The Bertz CT molecular complexity index is 1450. The predicted molar refractivity (Wildman–Crippen MR) is 137 cm³/mol. The van der Waals surface area contributed by atoms with Crippen LogP contribution in [-0.2, 0) is 0 Å². The van der Waals surface area contributed by atoms with E-state index in [9.17, 15) is 10.1 Å². The molecular weight excluding hydrogens is 466 g/mol. The van der Waals surface area contributed by atoms with Gasteiger partial charge in [-0.15, -0.1) is 17.8 Å². The highest BCUT2D eigenvalue weighted by atomic mass is 32.1. The maximum absolute atomic E-state index is 12.5. The second kappa shape index (κ2) is 9.02. The second-order valence-electron chi connectivity index (χ2n) is 7.63. The van der Waals surface area contributed by atoms with Crippen LogP contribution in [0, 0.1) is 23.7 Å². The van der Waals surface area contributed by atoms with E-state index in [0.717, 1.165) is 27.0 Å². The molecule has 0 unspecified atom stereocenters. The summed E-state index contributed by atoms with van der Waals surface area (Å²) in [4.78, 5) is 25.1. The monoisotopic (exact) mass is 485 g/mol. The molecule has 168 valence electrons. The van der Waals surface area contributed by atoms with Crippen LogP contribution < -0.4 is 16.0 Å². The van der Waals surface area contributed by atoms with Gasteiger partial charge in [0, 0.05) is 42.8 Å². The number of thiazole rings is 2. The molecule has 0 atom stereocenters. The SMILES string of the molecule is C#Cc1nc(NC(=O)N2CCN(c3ccc(-c4c(C#N)ccc5nc(N)sc45)cc3)CC2)cs1. The summed E-state index contributed by atoms with van der Waals surface area (Å²) in [5.74, 6) is 2.95. The largest absolute Gasteiger partial charge is 0.375 e. The summed E-state index contributed by atoms with van der Waals surface area (Å²) in [6.07, 6.45) is 5.34. The lowest BCUT2D eigenvalue weighted by molar-refractivity contribution is 0.208. The summed E-state index contributed by atoms with van der Waals surface area (Å²) in [6, 6.07) is 13.9. The molecule has 8 nitrogen and oxygen atoms in total. The highest BCUT2D eigenvalue weighted by Gasteiger charge is 2.22. The third kappa shape index (κ3) is 4.13. The van der Waals surface area contributed by atoms with Crippen LogP contribution in [0.25, 0.3) is 21.3 Å². The van der Waals surface area contributed by atoms with Gasteiger partial charge in [-0.2, -0.15) is 5.26 Å². The average molecular weight is 486 g/mol. The first-order valence-electron chi connectivity index (χ1n) is 10.5. The molecule has 2 amide bonds. The Kier molecular flexibility index (Phi) is 5.76. The van der Waals surface area contributed by atoms with Crippen molar-refractivity contribution in [2.75, 3.05) is 42.1 Å². The van der Waals surface area contributed by atoms with Gasteiger partial charge in [-0.25, -0.2) is 14.8 Å². The lowest BCUT2D eigenvalue weighted by Crippen LogP contribution is -2.50. The number of nitrogens with one attached hydrogen (secondary N) is 1. The predicted octanol–water partition coefficient (Wildman–Crippen LogP) is 4.21. The molecule has 1 aliphatic rings. The van der Waals surface area contributed by atoms with Gasteiger partial charge >= 0.3 is 6.03 Å². The lowest BCUT2D eigenvalue weighted by atomic mass is 9.99. The number of nitriles is 1. The molecule has 5 rings (SSSR count). The number of benzene rings is 2. The van der Waals surface area contributed by atoms with Gasteiger partial charge in [0.25, 0.3) is 0 Å². The zero-order valence-electron chi connectivity index (χ0n) is 18.0. The fourth-order valence-electron chi connectivity index (χ4n) is 3.98. The van der Waals surface area contributed by atoms with E-state index in [1.807, 2.05) is 30.3 Å². The van der Waals surface area contributed by atoms with E-state index in [2.05, 4.69) is 32.2 Å². The smallest absolute Gasteiger partial charge is 0.323 e. The standard InChI is InChI=1S/C24H19N7OS2/c1-2-20-28-19(14-33-20)29-24(32)31-11-9-30(10-12-31)17-6-3-15(4-7-17)21-16(13-25)5-8-18-22(21)34-23(26)27-18/h1,3-8,14H,9-12H2,(H2,26,27)(H,29,32). The minimum atomic E-state index is -0.176. The van der Waals surface area contributed by atoms with E-state index in [1.165, 1.54) is 22.7 Å². The average Bonchev–Trinajstić information content (AvgIpc) is 3.48. The third-order valence-electron chi connectivity index (χ3n) is 5.65. The van der Waals surface area contributed by atoms with Gasteiger partial charge in [0.1, 0.15) is 5.82 Å². The summed E-state index contributed by atoms with van der Waals surface area (Å²) < 4.78 is 0.915. The second-order valence-corrected chi connectivity index (χ2v) is 9.52. The summed E-state index contributed by atoms with van der Waals surface area (Å²) in [5.41, 5.74) is 10.2. The number of aromatic nitrogens is 2. The van der Waals surface area contributed by atoms with E-state index < -0.39 is 0 Å².